The second-order valence-corrected chi connectivity index (χ2v) is 6.92. The number of nitrogens with one attached hydrogen (secondary N) is 2. The highest BCUT2D eigenvalue weighted by molar-refractivity contribution is 6.21. The van der Waals surface area contributed by atoms with Gasteiger partial charge in [-0.3, -0.25) is 9.97 Å². The standard InChI is InChI=1S/C24H16N4/c1-3-7-15(8-4-1)20-22(16-9-5-2-6-10-16)28-24-21-17-11-12-25-13-18(17)27-19(21)14-26-23(20)24/h1-14,27-28H. The minimum atomic E-state index is 0.982. The van der Waals surface area contributed by atoms with Crippen LogP contribution >= 0.6 is 0 Å². The average Bonchev–Trinajstić information content (AvgIpc) is 3.33. The minimum Gasteiger partial charge on any atom is -0.352 e. The van der Waals surface area contributed by atoms with Crippen LogP contribution in [0.25, 0.3) is 55.2 Å². The summed E-state index contributed by atoms with van der Waals surface area (Å²) < 4.78 is 0. The zero-order valence-electron chi connectivity index (χ0n) is 15.0. The molecule has 4 nitrogen and oxygen atoms in total. The van der Waals surface area contributed by atoms with Crippen LogP contribution in [0, 0.1) is 0 Å². The molecule has 0 aliphatic carbocycles. The number of nitrogens with zero attached hydrogens (tertiary/aromatic N) is 2. The van der Waals surface area contributed by atoms with Crippen LogP contribution in [0.3, 0.4) is 0 Å². The molecule has 0 bridgehead atoms. The summed E-state index contributed by atoms with van der Waals surface area (Å²) in [5.74, 6) is 0. The number of hydrogen-bond donors (Lipinski definition) is 2. The number of fused-ring (bicyclic) bond motifs is 5. The summed E-state index contributed by atoms with van der Waals surface area (Å²) in [4.78, 5) is 16.2. The number of aromatic amines is 2. The van der Waals surface area contributed by atoms with Crippen LogP contribution in [0.15, 0.2) is 85.3 Å². The highest BCUT2D eigenvalue weighted by Crippen LogP contribution is 2.40. The first-order valence-corrected chi connectivity index (χ1v) is 9.27. The molecule has 0 unspecified atom stereocenters. The highest BCUT2D eigenvalue weighted by Gasteiger charge is 2.19. The van der Waals surface area contributed by atoms with Gasteiger partial charge in [0.25, 0.3) is 0 Å². The summed E-state index contributed by atoms with van der Waals surface area (Å²) in [6, 6.07) is 22.9. The Bertz CT molecular complexity index is 1440. The molecule has 0 aliphatic rings. The van der Waals surface area contributed by atoms with Gasteiger partial charge in [-0.25, -0.2) is 0 Å². The third-order valence-corrected chi connectivity index (χ3v) is 5.30. The number of rotatable bonds is 2. The van der Waals surface area contributed by atoms with Gasteiger partial charge in [-0.15, -0.1) is 0 Å². The van der Waals surface area contributed by atoms with Crippen LogP contribution in [0.5, 0.6) is 0 Å². The van der Waals surface area contributed by atoms with E-state index < -0.39 is 0 Å². The van der Waals surface area contributed by atoms with Crippen LogP contribution in [0.4, 0.5) is 0 Å². The molecule has 0 saturated heterocycles. The highest BCUT2D eigenvalue weighted by atomic mass is 14.8. The summed E-state index contributed by atoms with van der Waals surface area (Å²) in [7, 11) is 0. The molecule has 2 aromatic carbocycles. The van der Waals surface area contributed by atoms with E-state index in [-0.39, 0.29) is 0 Å². The van der Waals surface area contributed by atoms with Crippen LogP contribution in [0.1, 0.15) is 0 Å². The molecular weight excluding hydrogens is 344 g/mol. The molecule has 6 aromatic rings. The average molecular weight is 360 g/mol. The lowest BCUT2D eigenvalue weighted by molar-refractivity contribution is 1.34. The van der Waals surface area contributed by atoms with Gasteiger partial charge in [0, 0.05) is 22.5 Å². The van der Waals surface area contributed by atoms with Gasteiger partial charge in [-0.2, -0.15) is 0 Å². The predicted octanol–water partition coefficient (Wildman–Crippen LogP) is 5.93. The van der Waals surface area contributed by atoms with E-state index in [0.717, 1.165) is 55.2 Å². The Labute approximate surface area is 160 Å². The Kier molecular flexibility index (Phi) is 3.14. The maximum absolute atomic E-state index is 4.84. The largest absolute Gasteiger partial charge is 0.352 e. The summed E-state index contributed by atoms with van der Waals surface area (Å²) in [6.07, 6.45) is 5.62. The molecule has 4 aromatic heterocycles. The van der Waals surface area contributed by atoms with Crippen molar-refractivity contribution in [1.82, 2.24) is 19.9 Å². The molecule has 0 radical (unpaired) electrons. The third kappa shape index (κ3) is 2.12. The Balaban J connectivity index is 1.80. The minimum absolute atomic E-state index is 0.982. The summed E-state index contributed by atoms with van der Waals surface area (Å²) in [5, 5.41) is 2.31. The van der Waals surface area contributed by atoms with E-state index in [1.54, 1.807) is 0 Å². The zero-order chi connectivity index (χ0) is 18.5. The van der Waals surface area contributed by atoms with Crippen molar-refractivity contribution in [3.05, 3.63) is 85.3 Å². The number of pyridine rings is 2. The molecule has 2 N–H and O–H groups in total. The van der Waals surface area contributed by atoms with E-state index in [1.807, 2.05) is 30.7 Å². The Morgan fingerprint density at radius 3 is 2.21 bits per heavy atom. The molecule has 0 atom stereocenters. The summed E-state index contributed by atoms with van der Waals surface area (Å²) >= 11 is 0. The SMILES string of the molecule is c1ccc(-c2[nH]c3c(ncc4[nH]c5cnccc5c43)c2-c2ccccc2)cc1. The van der Waals surface area contributed by atoms with Gasteiger partial charge >= 0.3 is 0 Å². The van der Waals surface area contributed by atoms with Gasteiger partial charge in [0.15, 0.2) is 0 Å². The fourth-order valence-electron chi connectivity index (χ4n) is 4.07. The maximum Gasteiger partial charge on any atom is 0.0971 e. The molecule has 0 saturated carbocycles. The quantitative estimate of drug-likeness (QED) is 0.402. The first-order valence-electron chi connectivity index (χ1n) is 9.27. The van der Waals surface area contributed by atoms with Gasteiger partial charge < -0.3 is 9.97 Å². The smallest absolute Gasteiger partial charge is 0.0971 e. The molecule has 4 heterocycles. The van der Waals surface area contributed by atoms with Crippen LogP contribution in [0.2, 0.25) is 0 Å². The van der Waals surface area contributed by atoms with E-state index in [1.165, 1.54) is 0 Å². The molecule has 0 fully saturated rings. The molecule has 28 heavy (non-hydrogen) atoms. The second-order valence-electron chi connectivity index (χ2n) is 6.92. The fraction of sp³-hybridized carbons (Fsp3) is 0. The summed E-state index contributed by atoms with van der Waals surface area (Å²) in [6.45, 7) is 0. The fourth-order valence-corrected chi connectivity index (χ4v) is 4.07. The van der Waals surface area contributed by atoms with Crippen molar-refractivity contribution < 1.29 is 0 Å². The van der Waals surface area contributed by atoms with Crippen LogP contribution in [-0.4, -0.2) is 19.9 Å². The van der Waals surface area contributed by atoms with E-state index in [9.17, 15) is 0 Å². The van der Waals surface area contributed by atoms with Gasteiger partial charge in [-0.05, 0) is 17.2 Å². The molecule has 0 spiro atoms. The van der Waals surface area contributed by atoms with Crippen LogP contribution < -0.4 is 0 Å². The van der Waals surface area contributed by atoms with Gasteiger partial charge in [-0.1, -0.05) is 60.7 Å². The van der Waals surface area contributed by atoms with Gasteiger partial charge in [0.2, 0.25) is 0 Å². The Hall–Kier alpha value is -3.92. The van der Waals surface area contributed by atoms with Gasteiger partial charge in [0.1, 0.15) is 0 Å². The monoisotopic (exact) mass is 360 g/mol. The second kappa shape index (κ2) is 5.79. The lowest BCUT2D eigenvalue weighted by Crippen LogP contribution is -1.83. The molecule has 0 aliphatic heterocycles. The van der Waals surface area contributed by atoms with Crippen LogP contribution in [-0.2, 0) is 0 Å². The van der Waals surface area contributed by atoms with Gasteiger partial charge in [0.05, 0.1) is 40.2 Å². The zero-order valence-corrected chi connectivity index (χ0v) is 15.0. The number of aromatic nitrogens is 4. The predicted molar refractivity (Wildman–Crippen MR) is 114 cm³/mol. The Morgan fingerprint density at radius 2 is 1.43 bits per heavy atom. The summed E-state index contributed by atoms with van der Waals surface area (Å²) in [5.41, 5.74) is 8.58. The number of hydrogen-bond acceptors (Lipinski definition) is 2. The molecular formula is C24H16N4. The van der Waals surface area contributed by atoms with Crippen molar-refractivity contribution in [3.8, 4) is 22.4 Å². The molecule has 0 amide bonds. The van der Waals surface area contributed by atoms with Crippen molar-refractivity contribution in [3.63, 3.8) is 0 Å². The molecule has 132 valence electrons. The van der Waals surface area contributed by atoms with Crippen molar-refractivity contribution in [2.45, 2.75) is 0 Å². The van der Waals surface area contributed by atoms with Crippen molar-refractivity contribution >= 4 is 32.8 Å². The normalized spacial score (nSPS) is 11.6. The first-order chi connectivity index (χ1) is 13.9. The van der Waals surface area contributed by atoms with E-state index in [2.05, 4.69) is 69.5 Å². The van der Waals surface area contributed by atoms with Crippen molar-refractivity contribution in [2.24, 2.45) is 0 Å². The third-order valence-electron chi connectivity index (χ3n) is 5.30. The van der Waals surface area contributed by atoms with E-state index in [4.69, 9.17) is 4.98 Å². The van der Waals surface area contributed by atoms with Crippen molar-refractivity contribution in [1.29, 1.82) is 0 Å². The lowest BCUT2D eigenvalue weighted by Gasteiger charge is -2.05. The molecule has 4 heteroatoms. The molecule has 6 rings (SSSR count). The topological polar surface area (TPSA) is 57.4 Å². The lowest BCUT2D eigenvalue weighted by atomic mass is 10.0. The first kappa shape index (κ1) is 15.2. The van der Waals surface area contributed by atoms with Crippen molar-refractivity contribution in [2.75, 3.05) is 0 Å². The number of benzene rings is 2. The number of H-pyrrole nitrogens is 2. The van der Waals surface area contributed by atoms with E-state index in [0.29, 0.717) is 0 Å². The Morgan fingerprint density at radius 1 is 0.679 bits per heavy atom. The maximum atomic E-state index is 4.84. The van der Waals surface area contributed by atoms with E-state index >= 15 is 0 Å².